The molecule has 0 heterocycles. The van der Waals surface area contributed by atoms with Gasteiger partial charge >= 0.3 is 0 Å². The maximum atomic E-state index is 9.40. The minimum atomic E-state index is -1.91. The summed E-state index contributed by atoms with van der Waals surface area (Å²) in [5.74, 6) is 0. The molecule has 0 rings (SSSR count). The summed E-state index contributed by atoms with van der Waals surface area (Å²) in [7, 11) is -3.67. The first-order chi connectivity index (χ1) is 10.5. The fourth-order valence-corrected chi connectivity index (χ4v) is 4.31. The van der Waals surface area contributed by atoms with E-state index in [1.807, 2.05) is 6.08 Å². The second kappa shape index (κ2) is 8.31. The van der Waals surface area contributed by atoms with E-state index in [1.165, 1.54) is 0 Å². The van der Waals surface area contributed by atoms with Crippen molar-refractivity contribution >= 4 is 16.6 Å². The van der Waals surface area contributed by atoms with Crippen molar-refractivity contribution in [3.8, 4) is 6.07 Å². The standard InChI is InChI=1S/C19H39NO2Si2/c1-16(21-23(8,9)18(2,3)4)13-12-14-17(15-20)22-24(10,11)19(5,6)7/h12-13,16-17H,14H2,1-11H3/b13-12+/t16-,17+/m0/s1. The van der Waals surface area contributed by atoms with E-state index in [4.69, 9.17) is 8.85 Å². The highest BCUT2D eigenvalue weighted by Crippen LogP contribution is 2.38. The Morgan fingerprint density at radius 1 is 0.917 bits per heavy atom. The molecule has 0 fully saturated rings. The molecule has 0 spiro atoms. The van der Waals surface area contributed by atoms with E-state index in [2.05, 4.69) is 86.8 Å². The molecule has 0 amide bonds. The Hall–Kier alpha value is -0.416. The van der Waals surface area contributed by atoms with Crippen molar-refractivity contribution in [2.45, 2.75) is 103 Å². The number of hydrogen-bond acceptors (Lipinski definition) is 3. The van der Waals surface area contributed by atoms with Gasteiger partial charge in [-0.1, -0.05) is 53.7 Å². The molecule has 24 heavy (non-hydrogen) atoms. The zero-order chi connectivity index (χ0) is 19.4. The fraction of sp³-hybridized carbons (Fsp3) is 0.842. The number of hydrogen-bond donors (Lipinski definition) is 0. The first kappa shape index (κ1) is 23.6. The maximum absolute atomic E-state index is 9.40. The third-order valence-electron chi connectivity index (χ3n) is 5.43. The van der Waals surface area contributed by atoms with Crippen LogP contribution in [0.4, 0.5) is 0 Å². The van der Waals surface area contributed by atoms with Crippen LogP contribution < -0.4 is 0 Å². The van der Waals surface area contributed by atoms with Crippen LogP contribution in [0.25, 0.3) is 0 Å². The summed E-state index contributed by atoms with van der Waals surface area (Å²) in [4.78, 5) is 0. The molecule has 3 nitrogen and oxygen atoms in total. The van der Waals surface area contributed by atoms with Crippen molar-refractivity contribution in [2.75, 3.05) is 0 Å². The molecule has 0 aromatic carbocycles. The van der Waals surface area contributed by atoms with Crippen molar-refractivity contribution < 1.29 is 8.85 Å². The minimum absolute atomic E-state index is 0.0677. The van der Waals surface area contributed by atoms with E-state index in [0.717, 1.165) is 0 Å². The van der Waals surface area contributed by atoms with Crippen molar-refractivity contribution in [2.24, 2.45) is 0 Å². The smallest absolute Gasteiger partial charge is 0.193 e. The average molecular weight is 370 g/mol. The van der Waals surface area contributed by atoms with Gasteiger partial charge in [-0.05, 0) is 43.2 Å². The predicted octanol–water partition coefficient (Wildman–Crippen LogP) is 6.26. The van der Waals surface area contributed by atoms with Crippen molar-refractivity contribution in [3.63, 3.8) is 0 Å². The lowest BCUT2D eigenvalue weighted by Gasteiger charge is -2.38. The van der Waals surface area contributed by atoms with Crippen LogP contribution in [0.1, 0.15) is 54.9 Å². The molecule has 0 aromatic rings. The van der Waals surface area contributed by atoms with Gasteiger partial charge in [-0.25, -0.2) is 0 Å². The predicted molar refractivity (Wildman–Crippen MR) is 109 cm³/mol. The number of nitrogens with zero attached hydrogens (tertiary/aromatic N) is 1. The molecule has 0 saturated heterocycles. The summed E-state index contributed by atoms with van der Waals surface area (Å²) >= 11 is 0. The van der Waals surface area contributed by atoms with E-state index in [9.17, 15) is 5.26 Å². The molecule has 0 bridgehead atoms. The van der Waals surface area contributed by atoms with Crippen LogP contribution in [0.5, 0.6) is 0 Å². The molecule has 0 radical (unpaired) electrons. The Labute approximate surface area is 152 Å². The van der Waals surface area contributed by atoms with Crippen molar-refractivity contribution in [1.82, 2.24) is 0 Å². The maximum Gasteiger partial charge on any atom is 0.193 e. The van der Waals surface area contributed by atoms with Gasteiger partial charge in [0.25, 0.3) is 0 Å². The van der Waals surface area contributed by atoms with Crippen LogP contribution in [0.2, 0.25) is 36.3 Å². The van der Waals surface area contributed by atoms with E-state index in [0.29, 0.717) is 6.42 Å². The van der Waals surface area contributed by atoms with Gasteiger partial charge in [0, 0.05) is 6.42 Å². The highest BCUT2D eigenvalue weighted by atomic mass is 28.4. The quantitative estimate of drug-likeness (QED) is 0.393. The van der Waals surface area contributed by atoms with Gasteiger partial charge in [-0.2, -0.15) is 5.26 Å². The van der Waals surface area contributed by atoms with Crippen LogP contribution in [0, 0.1) is 11.3 Å². The molecule has 0 N–H and O–H groups in total. The molecular formula is C19H39NO2Si2. The first-order valence-corrected chi connectivity index (χ1v) is 14.8. The summed E-state index contributed by atoms with van der Waals surface area (Å²) in [5.41, 5.74) is 0. The second-order valence-electron chi connectivity index (χ2n) is 9.74. The summed E-state index contributed by atoms with van der Waals surface area (Å²) in [5, 5.41) is 9.72. The zero-order valence-corrected chi connectivity index (χ0v) is 19.8. The number of rotatable bonds is 7. The van der Waals surface area contributed by atoms with Gasteiger partial charge < -0.3 is 8.85 Å². The van der Waals surface area contributed by atoms with Crippen LogP contribution in [-0.2, 0) is 8.85 Å². The average Bonchev–Trinajstić information content (AvgIpc) is 2.33. The summed E-state index contributed by atoms with van der Waals surface area (Å²) in [6.07, 6.45) is 4.42. The molecular weight excluding hydrogens is 330 g/mol. The number of nitriles is 1. The van der Waals surface area contributed by atoms with E-state index < -0.39 is 16.6 Å². The Kier molecular flexibility index (Phi) is 8.16. The Balaban J connectivity index is 4.71. The van der Waals surface area contributed by atoms with Crippen LogP contribution in [0.15, 0.2) is 12.2 Å². The van der Waals surface area contributed by atoms with Gasteiger partial charge in [0.05, 0.1) is 12.2 Å². The van der Waals surface area contributed by atoms with Crippen molar-refractivity contribution in [3.05, 3.63) is 12.2 Å². The van der Waals surface area contributed by atoms with Crippen LogP contribution in [-0.4, -0.2) is 28.8 Å². The Morgan fingerprint density at radius 3 is 1.71 bits per heavy atom. The SMILES string of the molecule is C[C@@H](/C=C/C[C@H](C#N)O[Si](C)(C)C(C)(C)C)O[Si](C)(C)C(C)(C)C. The third kappa shape index (κ3) is 7.22. The highest BCUT2D eigenvalue weighted by Gasteiger charge is 2.39. The topological polar surface area (TPSA) is 42.2 Å². The summed E-state index contributed by atoms with van der Waals surface area (Å²) in [6, 6.07) is 2.31. The third-order valence-corrected chi connectivity index (χ3v) is 14.5. The molecule has 0 aromatic heterocycles. The van der Waals surface area contributed by atoms with E-state index in [-0.39, 0.29) is 22.3 Å². The lowest BCUT2D eigenvalue weighted by Crippen LogP contribution is -2.43. The summed E-state index contributed by atoms with van der Waals surface area (Å²) in [6.45, 7) is 24.3. The first-order valence-electron chi connectivity index (χ1n) is 8.95. The molecule has 0 aliphatic heterocycles. The molecule has 2 atom stereocenters. The van der Waals surface area contributed by atoms with Crippen LogP contribution in [0.3, 0.4) is 0 Å². The second-order valence-corrected chi connectivity index (χ2v) is 19.3. The van der Waals surface area contributed by atoms with Gasteiger partial charge in [-0.15, -0.1) is 0 Å². The Bertz CT molecular complexity index is 465. The summed E-state index contributed by atoms with van der Waals surface area (Å²) < 4.78 is 12.5. The lowest BCUT2D eigenvalue weighted by atomic mass is 10.2. The van der Waals surface area contributed by atoms with Crippen molar-refractivity contribution in [1.29, 1.82) is 5.26 Å². The monoisotopic (exact) mass is 369 g/mol. The van der Waals surface area contributed by atoms with Crippen LogP contribution >= 0.6 is 0 Å². The normalized spacial score (nSPS) is 16.9. The van der Waals surface area contributed by atoms with E-state index in [1.54, 1.807) is 0 Å². The minimum Gasteiger partial charge on any atom is -0.411 e. The van der Waals surface area contributed by atoms with Gasteiger partial charge in [0.2, 0.25) is 0 Å². The molecule has 5 heteroatoms. The fourth-order valence-electron chi connectivity index (χ4n) is 1.73. The molecule has 0 aliphatic rings. The highest BCUT2D eigenvalue weighted by molar-refractivity contribution is 6.74. The lowest BCUT2D eigenvalue weighted by molar-refractivity contribution is 0.230. The molecule has 0 saturated carbocycles. The molecule has 140 valence electrons. The zero-order valence-electron chi connectivity index (χ0n) is 17.8. The van der Waals surface area contributed by atoms with Gasteiger partial charge in [-0.3, -0.25) is 0 Å². The molecule has 0 aliphatic carbocycles. The largest absolute Gasteiger partial charge is 0.411 e. The van der Waals surface area contributed by atoms with Gasteiger partial charge in [0.15, 0.2) is 16.6 Å². The van der Waals surface area contributed by atoms with Gasteiger partial charge in [0.1, 0.15) is 6.10 Å². The molecule has 0 unspecified atom stereocenters. The van der Waals surface area contributed by atoms with E-state index >= 15 is 0 Å². The Morgan fingerprint density at radius 2 is 1.33 bits per heavy atom.